The summed E-state index contributed by atoms with van der Waals surface area (Å²) < 4.78 is 26.8. The number of esters is 2. The second-order valence-electron chi connectivity index (χ2n) is 8.06. The highest BCUT2D eigenvalue weighted by atomic mass is 16.8. The summed E-state index contributed by atoms with van der Waals surface area (Å²) in [6.45, 7) is 1.07. The number of benzene rings is 1. The third-order valence-electron chi connectivity index (χ3n) is 5.84. The van der Waals surface area contributed by atoms with Gasteiger partial charge in [0.25, 0.3) is 0 Å². The van der Waals surface area contributed by atoms with E-state index < -0.39 is 61.5 Å². The molecular weight excluding hydrogens is 464 g/mol. The van der Waals surface area contributed by atoms with Crippen molar-refractivity contribution in [3.8, 4) is 0 Å². The molecule has 192 valence electrons. The number of rotatable bonds is 8. The largest absolute Gasteiger partial charge is 0.468 e. The molecule has 0 radical (unpaired) electrons. The van der Waals surface area contributed by atoms with Crippen molar-refractivity contribution in [1.29, 1.82) is 0 Å². The standard InChI is InChI=1S/C24H30O11/c1-3-14-15(9-18(26)32-11-13-7-5-4-6-8-13)16(22(30)31-2)12-33-23(14)35-24-21(29)20(28)19(27)17(10-25)34-24/h3-8,12,15,17,19-21,23-25,27-29H,9-11H2,1-2H3/b14-3+/t15-,17+,19+,20-,21+,23-,24-/m0/s1. The normalized spacial score (nSPS) is 31.9. The zero-order chi connectivity index (χ0) is 25.5. The fraction of sp³-hybridized carbons (Fsp3) is 0.500. The first-order chi connectivity index (χ1) is 16.8. The number of allylic oxidation sites excluding steroid dienone is 1. The Morgan fingerprint density at radius 1 is 1.09 bits per heavy atom. The van der Waals surface area contributed by atoms with Gasteiger partial charge in [-0.3, -0.25) is 4.79 Å². The monoisotopic (exact) mass is 494 g/mol. The molecule has 2 aliphatic heterocycles. The van der Waals surface area contributed by atoms with Crippen LogP contribution >= 0.6 is 0 Å². The lowest BCUT2D eigenvalue weighted by Gasteiger charge is -2.41. The molecule has 35 heavy (non-hydrogen) atoms. The summed E-state index contributed by atoms with van der Waals surface area (Å²) in [5.74, 6) is -2.13. The zero-order valence-electron chi connectivity index (χ0n) is 19.4. The Kier molecular flexibility index (Phi) is 9.38. The van der Waals surface area contributed by atoms with E-state index in [0.29, 0.717) is 5.57 Å². The van der Waals surface area contributed by atoms with Gasteiger partial charge in [-0.2, -0.15) is 0 Å². The van der Waals surface area contributed by atoms with Crippen LogP contribution in [0.1, 0.15) is 18.9 Å². The van der Waals surface area contributed by atoms with E-state index in [-0.39, 0.29) is 18.6 Å². The van der Waals surface area contributed by atoms with Crippen molar-refractivity contribution in [3.63, 3.8) is 0 Å². The Morgan fingerprint density at radius 3 is 2.43 bits per heavy atom. The van der Waals surface area contributed by atoms with Gasteiger partial charge >= 0.3 is 11.9 Å². The summed E-state index contributed by atoms with van der Waals surface area (Å²) in [4.78, 5) is 25.0. The molecule has 0 saturated carbocycles. The van der Waals surface area contributed by atoms with Crippen molar-refractivity contribution in [2.45, 2.75) is 56.9 Å². The number of hydrogen-bond acceptors (Lipinski definition) is 11. The molecule has 0 bridgehead atoms. The minimum Gasteiger partial charge on any atom is -0.468 e. The maximum absolute atomic E-state index is 12.6. The van der Waals surface area contributed by atoms with Crippen molar-refractivity contribution in [2.24, 2.45) is 5.92 Å². The van der Waals surface area contributed by atoms with Gasteiger partial charge in [-0.1, -0.05) is 36.4 Å². The van der Waals surface area contributed by atoms with E-state index in [1.807, 2.05) is 30.3 Å². The fourth-order valence-corrected chi connectivity index (χ4v) is 3.89. The molecule has 1 aromatic carbocycles. The molecule has 0 aromatic heterocycles. The van der Waals surface area contributed by atoms with Gasteiger partial charge in [-0.05, 0) is 12.5 Å². The first-order valence-electron chi connectivity index (χ1n) is 11.1. The molecule has 1 saturated heterocycles. The van der Waals surface area contributed by atoms with Crippen LogP contribution in [0.3, 0.4) is 0 Å². The quantitative estimate of drug-likeness (QED) is 0.282. The molecule has 0 spiro atoms. The van der Waals surface area contributed by atoms with E-state index >= 15 is 0 Å². The Labute approximate surface area is 202 Å². The maximum Gasteiger partial charge on any atom is 0.337 e. The molecule has 0 unspecified atom stereocenters. The highest BCUT2D eigenvalue weighted by Crippen LogP contribution is 2.36. The second-order valence-corrected chi connectivity index (χ2v) is 8.06. The van der Waals surface area contributed by atoms with E-state index in [1.54, 1.807) is 13.0 Å². The number of carbonyl (C=O) groups excluding carboxylic acids is 2. The van der Waals surface area contributed by atoms with E-state index in [2.05, 4.69) is 0 Å². The van der Waals surface area contributed by atoms with Crippen LogP contribution in [0, 0.1) is 5.92 Å². The predicted octanol–water partition coefficient (Wildman–Crippen LogP) is -0.0879. The summed E-state index contributed by atoms with van der Waals surface area (Å²) in [7, 11) is 1.19. The van der Waals surface area contributed by atoms with Crippen LogP contribution in [-0.4, -0.2) is 83.1 Å². The van der Waals surface area contributed by atoms with E-state index in [1.165, 1.54) is 7.11 Å². The van der Waals surface area contributed by atoms with Crippen LogP contribution in [0.5, 0.6) is 0 Å². The molecule has 1 aromatic rings. The Bertz CT molecular complexity index is 927. The van der Waals surface area contributed by atoms with Gasteiger partial charge in [0.05, 0.1) is 32.0 Å². The number of methoxy groups -OCH3 is 1. The number of ether oxygens (including phenoxy) is 5. The van der Waals surface area contributed by atoms with Crippen molar-refractivity contribution in [1.82, 2.24) is 0 Å². The topological polar surface area (TPSA) is 161 Å². The summed E-state index contributed by atoms with van der Waals surface area (Å²) in [5, 5.41) is 39.7. The van der Waals surface area contributed by atoms with Crippen LogP contribution < -0.4 is 0 Å². The van der Waals surface area contributed by atoms with Gasteiger partial charge in [-0.25, -0.2) is 4.79 Å². The average molecular weight is 494 g/mol. The van der Waals surface area contributed by atoms with Crippen molar-refractivity contribution < 1.29 is 53.7 Å². The molecule has 2 heterocycles. The molecule has 3 rings (SSSR count). The minimum atomic E-state index is -1.66. The molecule has 1 fully saturated rings. The molecule has 11 nitrogen and oxygen atoms in total. The zero-order valence-corrected chi connectivity index (χ0v) is 19.4. The van der Waals surface area contributed by atoms with E-state index in [4.69, 9.17) is 23.7 Å². The molecule has 0 aliphatic carbocycles. The van der Waals surface area contributed by atoms with Gasteiger partial charge in [0.1, 0.15) is 31.0 Å². The van der Waals surface area contributed by atoms with Gasteiger partial charge in [0.2, 0.25) is 6.29 Å². The van der Waals surface area contributed by atoms with Crippen LogP contribution in [0.15, 0.2) is 53.8 Å². The number of carbonyl (C=O) groups is 2. The lowest BCUT2D eigenvalue weighted by atomic mass is 9.86. The van der Waals surface area contributed by atoms with Crippen LogP contribution in [-0.2, 0) is 39.9 Å². The number of hydrogen-bond donors (Lipinski definition) is 4. The Hall–Kier alpha value is -2.80. The first kappa shape index (κ1) is 26.8. The molecule has 11 heteroatoms. The van der Waals surface area contributed by atoms with Gasteiger partial charge in [0.15, 0.2) is 6.29 Å². The van der Waals surface area contributed by atoms with E-state index in [0.717, 1.165) is 11.8 Å². The summed E-state index contributed by atoms with van der Waals surface area (Å²) in [6, 6.07) is 9.10. The lowest BCUT2D eigenvalue weighted by molar-refractivity contribution is -0.327. The summed E-state index contributed by atoms with van der Waals surface area (Å²) in [6.07, 6.45) is -6.29. The molecule has 7 atom stereocenters. The number of aliphatic hydroxyl groups excluding tert-OH is 4. The van der Waals surface area contributed by atoms with Crippen molar-refractivity contribution >= 4 is 11.9 Å². The average Bonchev–Trinajstić information content (AvgIpc) is 2.88. The SMILES string of the molecule is C/C=C1/[C@H](O[C@@H]2O[C@H](CO)[C@@H](O)[C@H](O)[C@H]2O)OC=C(C(=O)OC)[C@H]1CC(=O)OCc1ccccc1. The van der Waals surface area contributed by atoms with Crippen LogP contribution in [0.2, 0.25) is 0 Å². The Morgan fingerprint density at radius 2 is 1.80 bits per heavy atom. The smallest absolute Gasteiger partial charge is 0.337 e. The third kappa shape index (κ3) is 6.26. The van der Waals surface area contributed by atoms with Gasteiger partial charge in [0, 0.05) is 11.5 Å². The fourth-order valence-electron chi connectivity index (χ4n) is 3.89. The van der Waals surface area contributed by atoms with Gasteiger partial charge < -0.3 is 44.1 Å². The second kappa shape index (κ2) is 12.2. The Balaban J connectivity index is 1.76. The predicted molar refractivity (Wildman–Crippen MR) is 118 cm³/mol. The van der Waals surface area contributed by atoms with Crippen molar-refractivity contribution in [2.75, 3.05) is 13.7 Å². The molecule has 0 amide bonds. The molecule has 4 N–H and O–H groups in total. The highest BCUT2D eigenvalue weighted by Gasteiger charge is 2.46. The molecule has 2 aliphatic rings. The summed E-state index contributed by atoms with van der Waals surface area (Å²) >= 11 is 0. The minimum absolute atomic E-state index is 0.0517. The number of aliphatic hydroxyl groups is 4. The van der Waals surface area contributed by atoms with Gasteiger partial charge in [-0.15, -0.1) is 0 Å². The van der Waals surface area contributed by atoms with E-state index in [9.17, 15) is 30.0 Å². The van der Waals surface area contributed by atoms with Crippen LogP contribution in [0.25, 0.3) is 0 Å². The highest BCUT2D eigenvalue weighted by molar-refractivity contribution is 5.90. The molecular formula is C24H30O11. The van der Waals surface area contributed by atoms with Crippen LogP contribution in [0.4, 0.5) is 0 Å². The first-order valence-corrected chi connectivity index (χ1v) is 11.1. The third-order valence-corrected chi connectivity index (χ3v) is 5.84. The lowest BCUT2D eigenvalue weighted by Crippen LogP contribution is -2.60. The summed E-state index contributed by atoms with van der Waals surface area (Å²) in [5.41, 5.74) is 1.21. The maximum atomic E-state index is 12.6. The van der Waals surface area contributed by atoms with Crippen molar-refractivity contribution in [3.05, 3.63) is 59.4 Å².